The molecular weight excluding hydrogens is 421 g/mol. The first-order valence-corrected chi connectivity index (χ1v) is 8.60. The van der Waals surface area contributed by atoms with Gasteiger partial charge in [-0.3, -0.25) is 14.7 Å². The lowest BCUT2D eigenvalue weighted by molar-refractivity contribution is -0.120. The summed E-state index contributed by atoms with van der Waals surface area (Å²) in [6, 6.07) is 0. The molecule has 0 bridgehead atoms. The van der Waals surface area contributed by atoms with E-state index in [4.69, 9.17) is 4.74 Å². The van der Waals surface area contributed by atoms with Crippen molar-refractivity contribution in [3.05, 3.63) is 0 Å². The molecule has 1 aliphatic rings. The molecule has 142 valence electrons. The van der Waals surface area contributed by atoms with Crippen molar-refractivity contribution in [2.45, 2.75) is 33.3 Å². The Labute approximate surface area is 163 Å². The third kappa shape index (κ3) is 10.3. The van der Waals surface area contributed by atoms with Crippen molar-refractivity contribution in [2.75, 3.05) is 52.9 Å². The Morgan fingerprint density at radius 2 is 2.08 bits per heavy atom. The molecule has 0 spiro atoms. The van der Waals surface area contributed by atoms with Crippen LogP contribution in [0.3, 0.4) is 0 Å². The summed E-state index contributed by atoms with van der Waals surface area (Å²) in [5.74, 6) is 1.27. The Kier molecular flexibility index (Phi) is 13.3. The molecule has 0 saturated carbocycles. The molecule has 7 nitrogen and oxygen atoms in total. The van der Waals surface area contributed by atoms with Crippen molar-refractivity contribution in [2.24, 2.45) is 10.9 Å². The second-order valence-corrected chi connectivity index (χ2v) is 6.30. The van der Waals surface area contributed by atoms with Crippen LogP contribution in [0.4, 0.5) is 0 Å². The van der Waals surface area contributed by atoms with Gasteiger partial charge in [0.15, 0.2) is 5.96 Å². The van der Waals surface area contributed by atoms with Gasteiger partial charge < -0.3 is 20.7 Å². The minimum Gasteiger partial charge on any atom is -0.374 e. The van der Waals surface area contributed by atoms with Crippen LogP contribution in [0.2, 0.25) is 0 Å². The highest BCUT2D eigenvalue weighted by Crippen LogP contribution is 2.07. The van der Waals surface area contributed by atoms with Gasteiger partial charge in [0.2, 0.25) is 5.91 Å². The van der Waals surface area contributed by atoms with E-state index in [1.807, 2.05) is 6.92 Å². The van der Waals surface area contributed by atoms with Crippen LogP contribution in [0.1, 0.15) is 27.2 Å². The number of ether oxygens (including phenoxy) is 1. The summed E-state index contributed by atoms with van der Waals surface area (Å²) in [4.78, 5) is 18.2. The van der Waals surface area contributed by atoms with Crippen molar-refractivity contribution < 1.29 is 9.53 Å². The molecule has 1 rings (SSSR count). The minimum absolute atomic E-state index is 0. The number of carbonyl (C=O) groups excluding carboxylic acids is 1. The Hall–Kier alpha value is -0.610. The van der Waals surface area contributed by atoms with Gasteiger partial charge >= 0.3 is 0 Å². The fourth-order valence-electron chi connectivity index (χ4n) is 2.51. The van der Waals surface area contributed by atoms with Crippen molar-refractivity contribution in [3.63, 3.8) is 0 Å². The molecule has 1 atom stereocenters. The maximum Gasteiger partial charge on any atom is 0.239 e. The van der Waals surface area contributed by atoms with E-state index in [0.717, 1.165) is 32.7 Å². The van der Waals surface area contributed by atoms with Crippen LogP contribution in [0.5, 0.6) is 0 Å². The summed E-state index contributed by atoms with van der Waals surface area (Å²) in [5, 5.41) is 9.08. The Balaban J connectivity index is 0.00000529. The molecule has 24 heavy (non-hydrogen) atoms. The van der Waals surface area contributed by atoms with E-state index in [2.05, 4.69) is 39.7 Å². The number of guanidine groups is 1. The fraction of sp³-hybridized carbons (Fsp3) is 0.875. The van der Waals surface area contributed by atoms with E-state index in [1.165, 1.54) is 0 Å². The molecule has 1 unspecified atom stereocenters. The standard InChI is InChI=1S/C16H33N5O2.HI/c1-5-6-18-15(22)10-20-16(17-4)19-9-14-12-21(7-8-23-14)11-13(2)3;/h13-14H,5-12H2,1-4H3,(H,18,22)(H2,17,19,20);1H. The zero-order valence-corrected chi connectivity index (χ0v) is 17.8. The van der Waals surface area contributed by atoms with Crippen molar-refractivity contribution >= 4 is 35.8 Å². The molecule has 0 aromatic rings. The molecule has 0 aliphatic carbocycles. The molecule has 1 saturated heterocycles. The zero-order chi connectivity index (χ0) is 17.1. The van der Waals surface area contributed by atoms with Crippen LogP contribution >= 0.6 is 24.0 Å². The zero-order valence-electron chi connectivity index (χ0n) is 15.4. The number of hydrogen-bond acceptors (Lipinski definition) is 4. The van der Waals surface area contributed by atoms with Crippen LogP contribution in [0, 0.1) is 5.92 Å². The summed E-state index contributed by atoms with van der Waals surface area (Å²) >= 11 is 0. The van der Waals surface area contributed by atoms with Crippen LogP contribution < -0.4 is 16.0 Å². The maximum atomic E-state index is 11.6. The van der Waals surface area contributed by atoms with Gasteiger partial charge in [-0.15, -0.1) is 24.0 Å². The number of aliphatic imine (C=N–C) groups is 1. The molecule has 1 fully saturated rings. The topological polar surface area (TPSA) is 78.0 Å². The van der Waals surface area contributed by atoms with Crippen molar-refractivity contribution in [1.82, 2.24) is 20.9 Å². The normalized spacial score (nSPS) is 18.9. The summed E-state index contributed by atoms with van der Waals surface area (Å²) in [6.07, 6.45) is 1.08. The molecule has 8 heteroatoms. The highest BCUT2D eigenvalue weighted by atomic mass is 127. The SMILES string of the molecule is CCCNC(=O)CNC(=NC)NCC1CN(CC(C)C)CCO1.I. The summed E-state index contributed by atoms with van der Waals surface area (Å²) < 4.78 is 5.80. The van der Waals surface area contributed by atoms with Crippen molar-refractivity contribution in [3.8, 4) is 0 Å². The number of rotatable bonds is 8. The van der Waals surface area contributed by atoms with Crippen molar-refractivity contribution in [1.29, 1.82) is 0 Å². The monoisotopic (exact) mass is 455 g/mol. The predicted molar refractivity (Wildman–Crippen MR) is 109 cm³/mol. The first kappa shape index (κ1) is 23.4. The average Bonchev–Trinajstić information content (AvgIpc) is 2.52. The average molecular weight is 455 g/mol. The van der Waals surface area contributed by atoms with E-state index in [0.29, 0.717) is 25.0 Å². The second-order valence-electron chi connectivity index (χ2n) is 6.30. The maximum absolute atomic E-state index is 11.6. The highest BCUT2D eigenvalue weighted by Gasteiger charge is 2.21. The third-order valence-electron chi connectivity index (χ3n) is 3.56. The van der Waals surface area contributed by atoms with Gasteiger partial charge in [-0.05, 0) is 12.3 Å². The lowest BCUT2D eigenvalue weighted by Crippen LogP contribution is -2.51. The highest BCUT2D eigenvalue weighted by molar-refractivity contribution is 14.0. The largest absolute Gasteiger partial charge is 0.374 e. The molecule has 1 amide bonds. The summed E-state index contributed by atoms with van der Waals surface area (Å²) in [6.45, 7) is 11.9. The van der Waals surface area contributed by atoms with E-state index in [9.17, 15) is 4.79 Å². The number of hydrogen-bond donors (Lipinski definition) is 3. The predicted octanol–water partition coefficient (Wildman–Crippen LogP) is 0.652. The van der Waals surface area contributed by atoms with Gasteiger partial charge in [-0.2, -0.15) is 0 Å². The number of nitrogens with one attached hydrogen (secondary N) is 3. The Morgan fingerprint density at radius 3 is 2.71 bits per heavy atom. The number of morpholine rings is 1. The first-order chi connectivity index (χ1) is 11.0. The number of carbonyl (C=O) groups is 1. The van der Waals surface area contributed by atoms with Gasteiger partial charge in [-0.1, -0.05) is 20.8 Å². The Morgan fingerprint density at radius 1 is 1.33 bits per heavy atom. The van der Waals surface area contributed by atoms with Crippen LogP contribution in [0.25, 0.3) is 0 Å². The van der Waals surface area contributed by atoms with Gasteiger partial charge in [0.05, 0.1) is 19.3 Å². The third-order valence-corrected chi connectivity index (χ3v) is 3.56. The van der Waals surface area contributed by atoms with Crippen LogP contribution in [-0.2, 0) is 9.53 Å². The lowest BCUT2D eigenvalue weighted by Gasteiger charge is -2.34. The molecule has 3 N–H and O–H groups in total. The summed E-state index contributed by atoms with van der Waals surface area (Å²) in [5.41, 5.74) is 0. The summed E-state index contributed by atoms with van der Waals surface area (Å²) in [7, 11) is 1.70. The molecule has 0 radical (unpaired) electrons. The number of amides is 1. The quantitative estimate of drug-likeness (QED) is 0.285. The smallest absolute Gasteiger partial charge is 0.239 e. The van der Waals surface area contributed by atoms with Gasteiger partial charge in [0, 0.05) is 39.8 Å². The lowest BCUT2D eigenvalue weighted by atomic mass is 10.2. The molecule has 0 aromatic heterocycles. The van der Waals surface area contributed by atoms with E-state index in [1.54, 1.807) is 7.05 Å². The molecule has 1 heterocycles. The van der Waals surface area contributed by atoms with Crippen LogP contribution in [0.15, 0.2) is 4.99 Å². The van der Waals surface area contributed by atoms with Gasteiger partial charge in [0.1, 0.15) is 0 Å². The van der Waals surface area contributed by atoms with E-state index >= 15 is 0 Å². The van der Waals surface area contributed by atoms with E-state index in [-0.39, 0.29) is 42.5 Å². The second kappa shape index (κ2) is 13.7. The Bertz CT molecular complexity index is 379. The molecular formula is C16H34IN5O2. The fourth-order valence-corrected chi connectivity index (χ4v) is 2.51. The number of nitrogens with zero attached hydrogens (tertiary/aromatic N) is 2. The van der Waals surface area contributed by atoms with Crippen LogP contribution in [-0.4, -0.2) is 75.8 Å². The van der Waals surface area contributed by atoms with Gasteiger partial charge in [-0.25, -0.2) is 0 Å². The number of halogens is 1. The molecule has 1 aliphatic heterocycles. The first-order valence-electron chi connectivity index (χ1n) is 8.60. The van der Waals surface area contributed by atoms with Gasteiger partial charge in [0.25, 0.3) is 0 Å². The van der Waals surface area contributed by atoms with E-state index < -0.39 is 0 Å². The minimum atomic E-state index is -0.0215. The molecule has 0 aromatic carbocycles.